The van der Waals surface area contributed by atoms with Crippen molar-refractivity contribution in [2.45, 2.75) is 98.0 Å². The molecule has 8 atom stereocenters. The Bertz CT molecular complexity index is 701. The number of allylic oxidation sites excluding steroid dienone is 3. The first-order valence-electron chi connectivity index (χ1n) is 12.4. The molecule has 4 rings (SSSR count). The Kier molecular flexibility index (Phi) is 5.69. The van der Waals surface area contributed by atoms with Crippen LogP contribution in [0.2, 0.25) is 0 Å². The fourth-order valence-electron chi connectivity index (χ4n) is 8.43. The molecule has 0 bridgehead atoms. The van der Waals surface area contributed by atoms with E-state index in [-0.39, 0.29) is 6.10 Å². The zero-order valence-corrected chi connectivity index (χ0v) is 19.5. The van der Waals surface area contributed by atoms with Crippen molar-refractivity contribution in [2.75, 3.05) is 0 Å². The molecule has 0 aromatic carbocycles. The van der Waals surface area contributed by atoms with Gasteiger partial charge in [0.2, 0.25) is 0 Å². The minimum absolute atomic E-state index is 0.0922. The van der Waals surface area contributed by atoms with E-state index in [0.717, 1.165) is 54.4 Å². The predicted octanol–water partition coefficient (Wildman–Crippen LogP) is 7.47. The van der Waals surface area contributed by atoms with Gasteiger partial charge in [-0.3, -0.25) is 0 Å². The third-order valence-electron chi connectivity index (χ3n) is 10.3. The average Bonchev–Trinajstić information content (AvgIpc) is 3.03. The summed E-state index contributed by atoms with van der Waals surface area (Å²) >= 11 is 0. The number of rotatable bonds is 5. The standard InChI is InChI=1S/C28H44O/c1-18(2)19(3)7-8-20(4)24-11-12-25-23-10-9-21-17-22(29)13-15-27(21,5)26(23)14-16-28(24,25)6/h9,20,22-26,29H,1,3,7-8,10-17H2,2,4-6H3/t20-,22?,23+,24-,25+,26+,27+,28-/m1/s1. The molecule has 0 saturated heterocycles. The average molecular weight is 397 g/mol. The molecule has 1 N–H and O–H groups in total. The lowest BCUT2D eigenvalue weighted by Gasteiger charge is -2.58. The Morgan fingerprint density at radius 2 is 1.90 bits per heavy atom. The molecule has 3 saturated carbocycles. The molecule has 0 radical (unpaired) electrons. The Morgan fingerprint density at radius 1 is 1.14 bits per heavy atom. The summed E-state index contributed by atoms with van der Waals surface area (Å²) in [6.45, 7) is 18.1. The summed E-state index contributed by atoms with van der Waals surface area (Å²) in [5, 5.41) is 10.2. The van der Waals surface area contributed by atoms with Crippen LogP contribution in [-0.4, -0.2) is 11.2 Å². The molecule has 1 unspecified atom stereocenters. The number of hydrogen-bond acceptors (Lipinski definition) is 1. The van der Waals surface area contributed by atoms with Gasteiger partial charge in [0.25, 0.3) is 0 Å². The van der Waals surface area contributed by atoms with Gasteiger partial charge in [-0.2, -0.15) is 0 Å². The highest BCUT2D eigenvalue weighted by Gasteiger charge is 2.59. The molecule has 0 aliphatic heterocycles. The minimum atomic E-state index is -0.0922. The summed E-state index contributed by atoms with van der Waals surface area (Å²) in [4.78, 5) is 0. The summed E-state index contributed by atoms with van der Waals surface area (Å²) in [6.07, 6.45) is 15.0. The van der Waals surface area contributed by atoms with Gasteiger partial charge in [-0.25, -0.2) is 0 Å². The topological polar surface area (TPSA) is 20.2 Å². The van der Waals surface area contributed by atoms with Gasteiger partial charge in [-0.05, 0) is 112 Å². The summed E-state index contributed by atoms with van der Waals surface area (Å²) < 4.78 is 0. The first kappa shape index (κ1) is 21.4. The van der Waals surface area contributed by atoms with Crippen molar-refractivity contribution in [1.82, 2.24) is 0 Å². The fraction of sp³-hybridized carbons (Fsp3) is 0.786. The first-order chi connectivity index (χ1) is 13.7. The largest absolute Gasteiger partial charge is 0.393 e. The molecule has 29 heavy (non-hydrogen) atoms. The second-order valence-electron chi connectivity index (χ2n) is 11.8. The third-order valence-corrected chi connectivity index (χ3v) is 10.3. The summed E-state index contributed by atoms with van der Waals surface area (Å²) in [5.74, 6) is 4.29. The van der Waals surface area contributed by atoms with E-state index in [0.29, 0.717) is 10.8 Å². The normalized spacial score (nSPS) is 44.9. The highest BCUT2D eigenvalue weighted by Crippen LogP contribution is 2.67. The molecule has 0 aromatic rings. The predicted molar refractivity (Wildman–Crippen MR) is 124 cm³/mol. The zero-order chi connectivity index (χ0) is 21.0. The van der Waals surface area contributed by atoms with Crippen molar-refractivity contribution in [1.29, 1.82) is 0 Å². The van der Waals surface area contributed by atoms with Gasteiger partial charge in [-0.15, -0.1) is 0 Å². The van der Waals surface area contributed by atoms with Gasteiger partial charge in [0.15, 0.2) is 0 Å². The molecule has 0 aromatic heterocycles. The lowest BCUT2D eigenvalue weighted by atomic mass is 9.47. The van der Waals surface area contributed by atoms with Crippen LogP contribution in [0, 0.1) is 40.4 Å². The number of aliphatic hydroxyl groups is 1. The van der Waals surface area contributed by atoms with Crippen LogP contribution < -0.4 is 0 Å². The van der Waals surface area contributed by atoms with Crippen LogP contribution in [0.3, 0.4) is 0 Å². The molecule has 0 amide bonds. The molecule has 0 heterocycles. The molecule has 1 heteroatoms. The molecular weight excluding hydrogens is 352 g/mol. The van der Waals surface area contributed by atoms with E-state index in [1.165, 1.54) is 50.5 Å². The number of fused-ring (bicyclic) bond motifs is 5. The summed E-state index contributed by atoms with van der Waals surface area (Å²) in [6, 6.07) is 0. The Balaban J connectivity index is 1.50. The van der Waals surface area contributed by atoms with Crippen molar-refractivity contribution in [2.24, 2.45) is 40.4 Å². The van der Waals surface area contributed by atoms with Crippen molar-refractivity contribution in [3.8, 4) is 0 Å². The summed E-state index contributed by atoms with van der Waals surface area (Å²) in [7, 11) is 0. The lowest BCUT2D eigenvalue weighted by molar-refractivity contribution is -0.0571. The molecule has 162 valence electrons. The van der Waals surface area contributed by atoms with E-state index in [4.69, 9.17) is 0 Å². The van der Waals surface area contributed by atoms with Crippen LogP contribution in [0.4, 0.5) is 0 Å². The third kappa shape index (κ3) is 3.50. The maximum absolute atomic E-state index is 10.2. The second-order valence-corrected chi connectivity index (χ2v) is 11.8. The maximum atomic E-state index is 10.2. The van der Waals surface area contributed by atoms with Gasteiger partial charge in [0.1, 0.15) is 0 Å². The van der Waals surface area contributed by atoms with Crippen LogP contribution in [0.25, 0.3) is 0 Å². The van der Waals surface area contributed by atoms with Crippen LogP contribution in [-0.2, 0) is 0 Å². The van der Waals surface area contributed by atoms with E-state index in [1.54, 1.807) is 5.57 Å². The van der Waals surface area contributed by atoms with Gasteiger partial charge < -0.3 is 5.11 Å². The smallest absolute Gasteiger partial charge is 0.0577 e. The van der Waals surface area contributed by atoms with E-state index in [2.05, 4.69) is 46.9 Å². The van der Waals surface area contributed by atoms with Gasteiger partial charge in [-0.1, -0.05) is 56.7 Å². The Labute approximate surface area is 179 Å². The van der Waals surface area contributed by atoms with Gasteiger partial charge in [0.05, 0.1) is 6.10 Å². The van der Waals surface area contributed by atoms with Crippen molar-refractivity contribution in [3.63, 3.8) is 0 Å². The SMILES string of the molecule is C=C(C)C(=C)CC[C@@H](C)[C@H]1CC[C@H]2[C@@H]3CC=C4CC(O)CC[C@]4(C)[C@H]3CC[C@]12C. The van der Waals surface area contributed by atoms with Crippen LogP contribution >= 0.6 is 0 Å². The highest BCUT2D eigenvalue weighted by atomic mass is 16.3. The molecule has 4 aliphatic rings. The van der Waals surface area contributed by atoms with E-state index < -0.39 is 0 Å². The van der Waals surface area contributed by atoms with Crippen LogP contribution in [0.1, 0.15) is 91.9 Å². The van der Waals surface area contributed by atoms with Crippen LogP contribution in [0.5, 0.6) is 0 Å². The zero-order valence-electron chi connectivity index (χ0n) is 19.5. The van der Waals surface area contributed by atoms with Crippen molar-refractivity contribution >= 4 is 0 Å². The molecule has 1 nitrogen and oxygen atoms in total. The van der Waals surface area contributed by atoms with Crippen molar-refractivity contribution < 1.29 is 5.11 Å². The van der Waals surface area contributed by atoms with Gasteiger partial charge >= 0.3 is 0 Å². The molecular formula is C28H44O. The fourth-order valence-corrected chi connectivity index (χ4v) is 8.43. The summed E-state index contributed by atoms with van der Waals surface area (Å²) in [5.41, 5.74) is 4.90. The molecule has 3 fully saturated rings. The first-order valence-corrected chi connectivity index (χ1v) is 12.4. The maximum Gasteiger partial charge on any atom is 0.0577 e. The Hall–Kier alpha value is -0.820. The quantitative estimate of drug-likeness (QED) is 0.377. The molecule has 4 aliphatic carbocycles. The molecule has 0 spiro atoms. The Morgan fingerprint density at radius 3 is 2.62 bits per heavy atom. The van der Waals surface area contributed by atoms with Gasteiger partial charge in [0, 0.05) is 0 Å². The van der Waals surface area contributed by atoms with E-state index >= 15 is 0 Å². The highest BCUT2D eigenvalue weighted by molar-refractivity contribution is 5.25. The lowest BCUT2D eigenvalue weighted by Crippen LogP contribution is -2.50. The van der Waals surface area contributed by atoms with E-state index in [1.807, 2.05) is 0 Å². The second kappa shape index (κ2) is 7.70. The number of aliphatic hydroxyl groups excluding tert-OH is 1. The van der Waals surface area contributed by atoms with E-state index in [9.17, 15) is 5.11 Å². The van der Waals surface area contributed by atoms with Crippen molar-refractivity contribution in [3.05, 3.63) is 36.0 Å². The minimum Gasteiger partial charge on any atom is -0.393 e. The monoisotopic (exact) mass is 396 g/mol. The van der Waals surface area contributed by atoms with Crippen LogP contribution in [0.15, 0.2) is 36.0 Å². The number of hydrogen-bond donors (Lipinski definition) is 1.